The van der Waals surface area contributed by atoms with Gasteiger partial charge in [-0.15, -0.1) is 11.3 Å². The van der Waals surface area contributed by atoms with Crippen LogP contribution in [0.15, 0.2) is 22.0 Å². The quantitative estimate of drug-likeness (QED) is 0.906. The zero-order valence-corrected chi connectivity index (χ0v) is 12.0. The lowest BCUT2D eigenvalue weighted by Gasteiger charge is -2.04. The van der Waals surface area contributed by atoms with E-state index in [0.717, 1.165) is 15.2 Å². The fourth-order valence-electron chi connectivity index (χ4n) is 1.30. The van der Waals surface area contributed by atoms with Gasteiger partial charge in [0.1, 0.15) is 16.5 Å². The van der Waals surface area contributed by atoms with Gasteiger partial charge >= 0.3 is 0 Å². The molecule has 0 aromatic carbocycles. The molecule has 5 nitrogen and oxygen atoms in total. The number of carbonyl (C=O) groups excluding carboxylic acids is 1. The zero-order chi connectivity index (χ0) is 13.1. The van der Waals surface area contributed by atoms with Crippen molar-refractivity contribution in [2.45, 2.75) is 13.5 Å². The van der Waals surface area contributed by atoms with E-state index in [1.807, 2.05) is 13.0 Å². The summed E-state index contributed by atoms with van der Waals surface area (Å²) in [5, 5.41) is 5.12. The van der Waals surface area contributed by atoms with Gasteiger partial charge in [0.15, 0.2) is 0 Å². The normalized spacial score (nSPS) is 10.4. The Hall–Kier alpha value is -1.31. The minimum Gasteiger partial charge on any atom is -0.325 e. The Labute approximate surface area is 117 Å². The minimum atomic E-state index is -0.278. The van der Waals surface area contributed by atoms with Crippen LogP contribution >= 0.6 is 27.3 Å². The topological polar surface area (TPSA) is 80.9 Å². The van der Waals surface area contributed by atoms with Gasteiger partial charge in [0.2, 0.25) is 0 Å². The Morgan fingerprint density at radius 1 is 1.50 bits per heavy atom. The molecule has 0 fully saturated rings. The SMILES string of the molecule is Cc1nc(NC(=O)c2csc(CN)n2)ccc1Br. The number of nitrogens with two attached hydrogens (primary N) is 1. The van der Waals surface area contributed by atoms with Gasteiger partial charge < -0.3 is 11.1 Å². The molecule has 18 heavy (non-hydrogen) atoms. The highest BCUT2D eigenvalue weighted by Gasteiger charge is 2.11. The van der Waals surface area contributed by atoms with Gasteiger partial charge in [-0.05, 0) is 35.0 Å². The Balaban J connectivity index is 2.13. The first-order valence-corrected chi connectivity index (χ1v) is 6.86. The highest BCUT2D eigenvalue weighted by atomic mass is 79.9. The third-order valence-corrected chi connectivity index (χ3v) is 3.93. The lowest BCUT2D eigenvalue weighted by atomic mass is 10.3. The van der Waals surface area contributed by atoms with Gasteiger partial charge in [-0.1, -0.05) is 0 Å². The first-order valence-electron chi connectivity index (χ1n) is 5.19. The van der Waals surface area contributed by atoms with E-state index in [1.54, 1.807) is 11.4 Å². The lowest BCUT2D eigenvalue weighted by molar-refractivity contribution is 0.102. The molecule has 0 saturated heterocycles. The number of rotatable bonds is 3. The molecule has 0 aliphatic rings. The molecule has 94 valence electrons. The number of nitrogens with zero attached hydrogens (tertiary/aromatic N) is 2. The van der Waals surface area contributed by atoms with Gasteiger partial charge in [0.05, 0.1) is 5.69 Å². The maximum Gasteiger partial charge on any atom is 0.276 e. The molecule has 2 aromatic rings. The summed E-state index contributed by atoms with van der Waals surface area (Å²) in [5.41, 5.74) is 6.63. The first kappa shape index (κ1) is 13.1. The molecule has 3 N–H and O–H groups in total. The van der Waals surface area contributed by atoms with Gasteiger partial charge in [0.25, 0.3) is 5.91 Å². The summed E-state index contributed by atoms with van der Waals surface area (Å²) in [5.74, 6) is 0.225. The predicted molar refractivity (Wildman–Crippen MR) is 74.6 cm³/mol. The Bertz CT molecular complexity index is 584. The van der Waals surface area contributed by atoms with Crippen LogP contribution in [-0.2, 0) is 6.54 Å². The van der Waals surface area contributed by atoms with E-state index in [2.05, 4.69) is 31.2 Å². The fourth-order valence-corrected chi connectivity index (χ4v) is 2.18. The summed E-state index contributed by atoms with van der Waals surface area (Å²) in [7, 11) is 0. The molecule has 0 spiro atoms. The summed E-state index contributed by atoms with van der Waals surface area (Å²) in [6.07, 6.45) is 0. The van der Waals surface area contributed by atoms with E-state index in [4.69, 9.17) is 5.73 Å². The summed E-state index contributed by atoms with van der Waals surface area (Å²) in [4.78, 5) is 20.2. The van der Waals surface area contributed by atoms with Crippen molar-refractivity contribution in [3.05, 3.63) is 38.4 Å². The van der Waals surface area contributed by atoms with Crippen molar-refractivity contribution in [3.63, 3.8) is 0 Å². The average Bonchev–Trinajstić information content (AvgIpc) is 2.82. The van der Waals surface area contributed by atoms with E-state index >= 15 is 0 Å². The molecule has 1 amide bonds. The molecule has 0 saturated carbocycles. The molecule has 7 heteroatoms. The third kappa shape index (κ3) is 2.92. The molecule has 0 unspecified atom stereocenters. The van der Waals surface area contributed by atoms with Crippen molar-refractivity contribution in [2.75, 3.05) is 5.32 Å². The van der Waals surface area contributed by atoms with Crippen molar-refractivity contribution in [1.29, 1.82) is 0 Å². The second kappa shape index (κ2) is 5.55. The van der Waals surface area contributed by atoms with Crippen molar-refractivity contribution in [1.82, 2.24) is 9.97 Å². The van der Waals surface area contributed by atoms with Crippen LogP contribution in [0.5, 0.6) is 0 Å². The molecule has 0 radical (unpaired) electrons. The van der Waals surface area contributed by atoms with Crippen molar-refractivity contribution >= 4 is 39.0 Å². The molecule has 2 rings (SSSR count). The Morgan fingerprint density at radius 2 is 2.28 bits per heavy atom. The Morgan fingerprint density at radius 3 is 2.89 bits per heavy atom. The molecule has 0 aliphatic heterocycles. The number of hydrogen-bond acceptors (Lipinski definition) is 5. The van der Waals surface area contributed by atoms with E-state index in [0.29, 0.717) is 18.1 Å². The van der Waals surface area contributed by atoms with Crippen LogP contribution in [0, 0.1) is 6.92 Å². The van der Waals surface area contributed by atoms with Crippen LogP contribution in [0.25, 0.3) is 0 Å². The van der Waals surface area contributed by atoms with E-state index < -0.39 is 0 Å². The maximum absolute atomic E-state index is 11.9. The average molecular weight is 327 g/mol. The lowest BCUT2D eigenvalue weighted by Crippen LogP contribution is -2.14. The second-order valence-corrected chi connectivity index (χ2v) is 5.35. The standard InChI is InChI=1S/C11H11BrN4OS/c1-6-7(12)2-3-9(14-6)16-11(17)8-5-18-10(4-13)15-8/h2-3,5H,4,13H2,1H3,(H,14,16,17). The summed E-state index contributed by atoms with van der Waals surface area (Å²) in [6, 6.07) is 3.56. The summed E-state index contributed by atoms with van der Waals surface area (Å²) < 4.78 is 0.902. The maximum atomic E-state index is 11.9. The van der Waals surface area contributed by atoms with Gasteiger partial charge in [0, 0.05) is 16.4 Å². The number of amides is 1. The Kier molecular flexibility index (Phi) is 4.05. The third-order valence-electron chi connectivity index (χ3n) is 2.22. The fraction of sp³-hybridized carbons (Fsp3) is 0.182. The number of pyridine rings is 1. The van der Waals surface area contributed by atoms with Crippen molar-refractivity contribution < 1.29 is 4.79 Å². The van der Waals surface area contributed by atoms with Crippen LogP contribution in [0.3, 0.4) is 0 Å². The van der Waals surface area contributed by atoms with Crippen LogP contribution in [0.1, 0.15) is 21.2 Å². The number of aromatic nitrogens is 2. The summed E-state index contributed by atoms with van der Waals surface area (Å²) >= 11 is 4.72. The number of halogens is 1. The number of thiazole rings is 1. The molecule has 2 aromatic heterocycles. The van der Waals surface area contributed by atoms with Gasteiger partial charge in [-0.3, -0.25) is 4.79 Å². The summed E-state index contributed by atoms with van der Waals surface area (Å²) in [6.45, 7) is 2.20. The highest BCUT2D eigenvalue weighted by molar-refractivity contribution is 9.10. The molecule has 0 aliphatic carbocycles. The number of carbonyl (C=O) groups is 1. The number of anilines is 1. The van der Waals surface area contributed by atoms with Crippen LogP contribution in [0.4, 0.5) is 5.82 Å². The first-order chi connectivity index (χ1) is 8.60. The largest absolute Gasteiger partial charge is 0.325 e. The molecular formula is C11H11BrN4OS. The van der Waals surface area contributed by atoms with E-state index in [-0.39, 0.29) is 5.91 Å². The minimum absolute atomic E-state index is 0.278. The van der Waals surface area contributed by atoms with Gasteiger partial charge in [-0.2, -0.15) is 0 Å². The van der Waals surface area contributed by atoms with Crippen LogP contribution in [-0.4, -0.2) is 15.9 Å². The van der Waals surface area contributed by atoms with Crippen LogP contribution < -0.4 is 11.1 Å². The smallest absolute Gasteiger partial charge is 0.276 e. The van der Waals surface area contributed by atoms with Gasteiger partial charge in [-0.25, -0.2) is 9.97 Å². The zero-order valence-electron chi connectivity index (χ0n) is 9.61. The number of hydrogen-bond donors (Lipinski definition) is 2. The van der Waals surface area contributed by atoms with Crippen molar-refractivity contribution in [2.24, 2.45) is 5.73 Å². The monoisotopic (exact) mass is 326 g/mol. The number of nitrogens with one attached hydrogen (secondary N) is 1. The molecule has 0 atom stereocenters. The molecule has 2 heterocycles. The van der Waals surface area contributed by atoms with Crippen LogP contribution in [0.2, 0.25) is 0 Å². The number of aryl methyl sites for hydroxylation is 1. The molecule has 0 bridgehead atoms. The molecular weight excluding hydrogens is 316 g/mol. The highest BCUT2D eigenvalue weighted by Crippen LogP contribution is 2.17. The van der Waals surface area contributed by atoms with E-state index in [1.165, 1.54) is 11.3 Å². The van der Waals surface area contributed by atoms with Crippen molar-refractivity contribution in [3.8, 4) is 0 Å². The van der Waals surface area contributed by atoms with E-state index in [9.17, 15) is 4.79 Å². The second-order valence-electron chi connectivity index (χ2n) is 3.55. The predicted octanol–water partition coefficient (Wildman–Crippen LogP) is 2.32.